The van der Waals surface area contributed by atoms with Gasteiger partial charge in [0.1, 0.15) is 0 Å². The summed E-state index contributed by atoms with van der Waals surface area (Å²) >= 11 is 3.15. The summed E-state index contributed by atoms with van der Waals surface area (Å²) in [4.78, 5) is 2.16. The van der Waals surface area contributed by atoms with Gasteiger partial charge in [-0.1, -0.05) is 22.9 Å². The van der Waals surface area contributed by atoms with Gasteiger partial charge in [-0.25, -0.2) is 0 Å². The van der Waals surface area contributed by atoms with Crippen LogP contribution in [0, 0.1) is 5.41 Å². The van der Waals surface area contributed by atoms with E-state index >= 15 is 0 Å². The lowest BCUT2D eigenvalue weighted by Crippen LogP contribution is -2.31. The van der Waals surface area contributed by atoms with Crippen molar-refractivity contribution in [2.75, 3.05) is 19.6 Å². The van der Waals surface area contributed by atoms with Crippen LogP contribution in [0.2, 0.25) is 0 Å². The molecule has 1 aliphatic rings. The van der Waals surface area contributed by atoms with Crippen molar-refractivity contribution in [3.8, 4) is 0 Å². The Balaban J connectivity index is 0.00000220. The van der Waals surface area contributed by atoms with Crippen molar-refractivity contribution in [3.63, 3.8) is 0 Å². The molecule has 1 aromatic carbocycles. The van der Waals surface area contributed by atoms with Crippen LogP contribution in [0.5, 0.6) is 0 Å². The first-order chi connectivity index (χ1) is 9.22. The molecule has 2 N–H and O–H groups in total. The van der Waals surface area contributed by atoms with Gasteiger partial charge in [-0.3, -0.25) is 4.90 Å². The van der Waals surface area contributed by atoms with Crippen molar-refractivity contribution in [2.45, 2.75) is 26.1 Å². The summed E-state index contributed by atoms with van der Waals surface area (Å²) in [5.41, 5.74) is 5.89. The molecule has 1 atom stereocenters. The highest BCUT2D eigenvalue weighted by Crippen LogP contribution is 2.34. The number of likely N-dealkylation sites (tertiary alicyclic amines) is 1. The molecule has 0 aromatic heterocycles. The molecule has 1 saturated heterocycles. The zero-order valence-corrected chi connectivity index (χ0v) is 14.1. The Morgan fingerprint density at radius 2 is 2.00 bits per heavy atom. The van der Waals surface area contributed by atoms with Gasteiger partial charge in [0.25, 0.3) is 0 Å². The lowest BCUT2D eigenvalue weighted by Gasteiger charge is -2.23. The fourth-order valence-corrected chi connectivity index (χ4v) is 3.13. The maximum atomic E-state index is 12.8. The normalized spacial score (nSPS) is 23.1. The number of benzene rings is 1. The molecule has 1 fully saturated rings. The predicted molar refractivity (Wildman–Crippen MR) is 83.4 cm³/mol. The summed E-state index contributed by atoms with van der Waals surface area (Å²) in [6.45, 7) is 4.96. The smallest absolute Gasteiger partial charge is 0.330 e. The zero-order valence-electron chi connectivity index (χ0n) is 11.7. The number of alkyl halides is 3. The molecule has 7 heteroatoms. The highest BCUT2D eigenvalue weighted by molar-refractivity contribution is 9.10. The van der Waals surface area contributed by atoms with Crippen LogP contribution in [-0.2, 0) is 12.7 Å². The number of hydrogen-bond acceptors (Lipinski definition) is 2. The van der Waals surface area contributed by atoms with Crippen molar-refractivity contribution in [2.24, 2.45) is 11.1 Å². The Labute approximate surface area is 137 Å². The Kier molecular flexibility index (Phi) is 6.12. The molecule has 1 unspecified atom stereocenters. The average Bonchev–Trinajstić information content (AvgIpc) is 2.70. The monoisotopic (exact) mass is 386 g/mol. The highest BCUT2D eigenvalue weighted by atomic mass is 79.9. The van der Waals surface area contributed by atoms with Crippen molar-refractivity contribution in [1.29, 1.82) is 0 Å². The number of halogens is 5. The number of nitrogens with two attached hydrogens (primary N) is 1. The van der Waals surface area contributed by atoms with Gasteiger partial charge in [0.15, 0.2) is 0 Å². The van der Waals surface area contributed by atoms with Gasteiger partial charge in [-0.05, 0) is 48.7 Å². The first kappa shape index (κ1) is 18.7. The van der Waals surface area contributed by atoms with Gasteiger partial charge in [0, 0.05) is 17.6 Å². The van der Waals surface area contributed by atoms with Crippen molar-refractivity contribution < 1.29 is 13.2 Å². The maximum absolute atomic E-state index is 12.8. The van der Waals surface area contributed by atoms with E-state index in [1.165, 1.54) is 6.07 Å². The lowest BCUT2D eigenvalue weighted by molar-refractivity contribution is -0.137. The molecule has 2 nitrogen and oxygen atoms in total. The van der Waals surface area contributed by atoms with Crippen molar-refractivity contribution in [3.05, 3.63) is 33.8 Å². The second kappa shape index (κ2) is 6.86. The summed E-state index contributed by atoms with van der Waals surface area (Å²) in [7, 11) is 0. The summed E-state index contributed by atoms with van der Waals surface area (Å²) in [6.07, 6.45) is -3.32. The molecule has 0 saturated carbocycles. The first-order valence-corrected chi connectivity index (χ1v) is 7.30. The molecule has 120 valence electrons. The fourth-order valence-electron chi connectivity index (χ4n) is 2.59. The molecule has 2 rings (SSSR count). The second-order valence-electron chi connectivity index (χ2n) is 5.82. The molecule has 1 aliphatic heterocycles. The summed E-state index contributed by atoms with van der Waals surface area (Å²) < 4.78 is 38.8. The van der Waals surface area contributed by atoms with Crippen molar-refractivity contribution >= 4 is 28.3 Å². The number of nitrogens with zero attached hydrogens (tertiary/aromatic N) is 1. The quantitative estimate of drug-likeness (QED) is 0.847. The zero-order chi connectivity index (χ0) is 15.0. The molecular formula is C14H19BrClF3N2. The van der Waals surface area contributed by atoms with Crippen LogP contribution in [0.1, 0.15) is 24.5 Å². The Morgan fingerprint density at radius 1 is 1.33 bits per heavy atom. The predicted octanol–water partition coefficient (Wildman–Crippen LogP) is 4.06. The summed E-state index contributed by atoms with van der Waals surface area (Å²) in [5.74, 6) is 0. The van der Waals surface area contributed by atoms with Crippen LogP contribution in [0.15, 0.2) is 22.7 Å². The first-order valence-electron chi connectivity index (χ1n) is 6.51. The molecule has 1 aromatic rings. The van der Waals surface area contributed by atoms with E-state index in [1.807, 2.05) is 0 Å². The van der Waals surface area contributed by atoms with E-state index in [4.69, 9.17) is 5.73 Å². The molecule has 0 bridgehead atoms. The molecule has 0 radical (unpaired) electrons. The van der Waals surface area contributed by atoms with Gasteiger partial charge in [-0.15, -0.1) is 12.4 Å². The molecule has 0 amide bonds. The molecular weight excluding hydrogens is 369 g/mol. The van der Waals surface area contributed by atoms with Crippen LogP contribution in [0.3, 0.4) is 0 Å². The van der Waals surface area contributed by atoms with E-state index in [0.29, 0.717) is 23.1 Å². The minimum Gasteiger partial charge on any atom is -0.330 e. The highest BCUT2D eigenvalue weighted by Gasteiger charge is 2.33. The van der Waals surface area contributed by atoms with E-state index in [0.717, 1.165) is 25.6 Å². The Morgan fingerprint density at radius 3 is 2.52 bits per heavy atom. The Hall–Kier alpha value is -0.300. The van der Waals surface area contributed by atoms with Crippen LogP contribution in [-0.4, -0.2) is 24.5 Å². The van der Waals surface area contributed by atoms with Crippen LogP contribution in [0.25, 0.3) is 0 Å². The van der Waals surface area contributed by atoms with E-state index in [9.17, 15) is 13.2 Å². The van der Waals surface area contributed by atoms with Gasteiger partial charge in [-0.2, -0.15) is 13.2 Å². The SMILES string of the molecule is CC1(CN)CCN(Cc2cc(Br)cc(C(F)(F)F)c2)C1.Cl. The third-order valence-electron chi connectivity index (χ3n) is 3.82. The van der Waals surface area contributed by atoms with E-state index in [-0.39, 0.29) is 17.8 Å². The van der Waals surface area contributed by atoms with Crippen LogP contribution in [0.4, 0.5) is 13.2 Å². The summed E-state index contributed by atoms with van der Waals surface area (Å²) in [6, 6.07) is 4.08. The lowest BCUT2D eigenvalue weighted by atomic mass is 9.90. The van der Waals surface area contributed by atoms with Crippen molar-refractivity contribution in [1.82, 2.24) is 4.90 Å². The van der Waals surface area contributed by atoms with E-state index < -0.39 is 11.7 Å². The van der Waals surface area contributed by atoms with Crippen LogP contribution < -0.4 is 5.73 Å². The molecule has 21 heavy (non-hydrogen) atoms. The third kappa shape index (κ3) is 4.84. The second-order valence-corrected chi connectivity index (χ2v) is 6.74. The molecule has 0 spiro atoms. The van der Waals surface area contributed by atoms with Gasteiger partial charge < -0.3 is 5.73 Å². The minimum atomic E-state index is -4.31. The minimum absolute atomic E-state index is 0. The van der Waals surface area contributed by atoms with Gasteiger partial charge in [0.05, 0.1) is 5.56 Å². The van der Waals surface area contributed by atoms with Gasteiger partial charge >= 0.3 is 6.18 Å². The van der Waals surface area contributed by atoms with E-state index in [2.05, 4.69) is 27.8 Å². The largest absolute Gasteiger partial charge is 0.416 e. The number of hydrogen-bond donors (Lipinski definition) is 1. The average molecular weight is 388 g/mol. The fraction of sp³-hybridized carbons (Fsp3) is 0.571. The van der Waals surface area contributed by atoms with Gasteiger partial charge in [0.2, 0.25) is 0 Å². The standard InChI is InChI=1S/C14H18BrF3N2.ClH/c1-13(8-19)2-3-20(9-13)7-10-4-11(14(16,17)18)6-12(15)5-10;/h4-6H,2-3,7-9,19H2,1H3;1H. The summed E-state index contributed by atoms with van der Waals surface area (Å²) in [5, 5.41) is 0. The molecule has 1 heterocycles. The topological polar surface area (TPSA) is 29.3 Å². The maximum Gasteiger partial charge on any atom is 0.416 e. The Bertz CT molecular complexity index is 496. The molecule has 0 aliphatic carbocycles. The van der Waals surface area contributed by atoms with Crippen LogP contribution >= 0.6 is 28.3 Å². The third-order valence-corrected chi connectivity index (χ3v) is 4.28. The number of rotatable bonds is 3. The van der Waals surface area contributed by atoms with E-state index in [1.54, 1.807) is 6.07 Å².